The van der Waals surface area contributed by atoms with Gasteiger partial charge in [-0.1, -0.05) is 19.8 Å². The van der Waals surface area contributed by atoms with Crippen molar-refractivity contribution in [3.63, 3.8) is 0 Å². The van der Waals surface area contributed by atoms with E-state index < -0.39 is 0 Å². The molecule has 0 radical (unpaired) electrons. The Morgan fingerprint density at radius 3 is 2.61 bits per heavy atom. The molecule has 0 aliphatic carbocycles. The lowest BCUT2D eigenvalue weighted by Crippen LogP contribution is -2.48. The second-order valence-electron chi connectivity index (χ2n) is 6.20. The van der Waals surface area contributed by atoms with Crippen molar-refractivity contribution in [1.29, 1.82) is 0 Å². The molecule has 2 rings (SSSR count). The predicted octanol–water partition coefficient (Wildman–Crippen LogP) is 2.26. The Morgan fingerprint density at radius 2 is 1.96 bits per heavy atom. The van der Waals surface area contributed by atoms with Gasteiger partial charge < -0.3 is 10.6 Å². The number of hydrogen-bond acceptors (Lipinski definition) is 5. The van der Waals surface area contributed by atoms with Crippen molar-refractivity contribution in [2.24, 2.45) is 5.73 Å². The summed E-state index contributed by atoms with van der Waals surface area (Å²) in [7, 11) is 0. The summed E-state index contributed by atoms with van der Waals surface area (Å²) in [5, 5.41) is 3.38. The van der Waals surface area contributed by atoms with Crippen LogP contribution in [0.4, 0.5) is 0 Å². The van der Waals surface area contributed by atoms with Crippen LogP contribution in [0.2, 0.25) is 0 Å². The number of aryl methyl sites for hydroxylation is 1. The number of unbranched alkanes of at least 4 members (excludes halogenated alkanes) is 3. The first-order chi connectivity index (χ1) is 11.2. The van der Waals surface area contributed by atoms with Crippen molar-refractivity contribution >= 4 is 17.2 Å². The maximum absolute atomic E-state index is 12.2. The molecule has 1 aliphatic heterocycles. The maximum atomic E-state index is 12.2. The first-order valence-electron chi connectivity index (χ1n) is 8.86. The standard InChI is InChI=1S/C17H30N4OS/c1-2-16-19-15(14-23-16)13-20-9-11-21(12-10-20)17(22)7-5-3-4-6-8-18/h14H,2-13,18H2,1H3. The zero-order chi connectivity index (χ0) is 16.5. The minimum atomic E-state index is 0.319. The van der Waals surface area contributed by atoms with Crippen LogP contribution in [0.1, 0.15) is 49.7 Å². The van der Waals surface area contributed by atoms with Crippen molar-refractivity contribution in [1.82, 2.24) is 14.8 Å². The van der Waals surface area contributed by atoms with E-state index in [0.29, 0.717) is 12.3 Å². The predicted molar refractivity (Wildman–Crippen MR) is 95.5 cm³/mol. The molecule has 0 atom stereocenters. The van der Waals surface area contributed by atoms with Gasteiger partial charge in [0.1, 0.15) is 0 Å². The van der Waals surface area contributed by atoms with Gasteiger partial charge in [0.2, 0.25) is 5.91 Å². The Labute approximate surface area is 143 Å². The number of carbonyl (C=O) groups is 1. The summed E-state index contributed by atoms with van der Waals surface area (Å²) < 4.78 is 0. The topological polar surface area (TPSA) is 62.5 Å². The summed E-state index contributed by atoms with van der Waals surface area (Å²) in [6.07, 6.45) is 6.03. The van der Waals surface area contributed by atoms with Gasteiger partial charge in [-0.15, -0.1) is 11.3 Å². The average Bonchev–Trinajstić information content (AvgIpc) is 3.03. The molecule has 0 bridgehead atoms. The Morgan fingerprint density at radius 1 is 1.22 bits per heavy atom. The Bertz CT molecular complexity index is 469. The highest BCUT2D eigenvalue weighted by molar-refractivity contribution is 7.09. The van der Waals surface area contributed by atoms with Crippen LogP contribution in [0.15, 0.2) is 5.38 Å². The number of nitrogens with zero attached hydrogens (tertiary/aromatic N) is 3. The SMILES string of the molecule is CCc1nc(CN2CCN(C(=O)CCCCCCN)CC2)cs1. The Hall–Kier alpha value is -0.980. The summed E-state index contributed by atoms with van der Waals surface area (Å²) in [5.74, 6) is 0.319. The quantitative estimate of drug-likeness (QED) is 0.702. The number of thiazole rings is 1. The van der Waals surface area contributed by atoms with Crippen LogP contribution in [0, 0.1) is 0 Å². The molecule has 5 nitrogen and oxygen atoms in total. The molecule has 130 valence electrons. The van der Waals surface area contributed by atoms with E-state index in [4.69, 9.17) is 5.73 Å². The van der Waals surface area contributed by atoms with Crippen LogP contribution in [0.3, 0.4) is 0 Å². The second-order valence-corrected chi connectivity index (χ2v) is 7.14. The minimum absolute atomic E-state index is 0.319. The van der Waals surface area contributed by atoms with E-state index in [1.807, 2.05) is 4.90 Å². The Kier molecular flexibility index (Phi) is 7.99. The number of nitrogens with two attached hydrogens (primary N) is 1. The molecule has 2 N–H and O–H groups in total. The fourth-order valence-electron chi connectivity index (χ4n) is 2.90. The van der Waals surface area contributed by atoms with Crippen LogP contribution >= 0.6 is 11.3 Å². The number of rotatable bonds is 9. The van der Waals surface area contributed by atoms with Crippen LogP contribution in [-0.2, 0) is 17.8 Å². The number of hydrogen-bond donors (Lipinski definition) is 1. The molecule has 1 aliphatic rings. The van der Waals surface area contributed by atoms with E-state index in [1.54, 1.807) is 11.3 Å². The first kappa shape index (κ1) is 18.4. The molecule has 0 spiro atoms. The van der Waals surface area contributed by atoms with Crippen molar-refractivity contribution in [2.75, 3.05) is 32.7 Å². The highest BCUT2D eigenvalue weighted by Gasteiger charge is 2.21. The largest absolute Gasteiger partial charge is 0.340 e. The molecule has 0 unspecified atom stereocenters. The third kappa shape index (κ3) is 6.20. The van der Waals surface area contributed by atoms with E-state index >= 15 is 0 Å². The minimum Gasteiger partial charge on any atom is -0.340 e. The number of piperazine rings is 1. The van der Waals surface area contributed by atoms with Gasteiger partial charge in [0.05, 0.1) is 10.7 Å². The highest BCUT2D eigenvalue weighted by atomic mass is 32.1. The van der Waals surface area contributed by atoms with Crippen LogP contribution in [0.25, 0.3) is 0 Å². The van der Waals surface area contributed by atoms with Crippen LogP contribution in [0.5, 0.6) is 0 Å². The molecule has 23 heavy (non-hydrogen) atoms. The second kappa shape index (κ2) is 10.0. The molecule has 6 heteroatoms. The average molecular weight is 339 g/mol. The lowest BCUT2D eigenvalue weighted by atomic mass is 10.1. The summed E-state index contributed by atoms with van der Waals surface area (Å²) in [6.45, 7) is 7.43. The van der Waals surface area contributed by atoms with Gasteiger partial charge in [0.25, 0.3) is 0 Å². The monoisotopic (exact) mass is 338 g/mol. The normalized spacial score (nSPS) is 16.0. The van der Waals surface area contributed by atoms with Crippen molar-refractivity contribution < 1.29 is 4.79 Å². The molecular formula is C17H30N4OS. The fraction of sp³-hybridized carbons (Fsp3) is 0.765. The van der Waals surface area contributed by atoms with Gasteiger partial charge in [-0.05, 0) is 25.8 Å². The molecule has 2 heterocycles. The van der Waals surface area contributed by atoms with E-state index in [0.717, 1.165) is 71.4 Å². The van der Waals surface area contributed by atoms with Gasteiger partial charge in [0.15, 0.2) is 0 Å². The zero-order valence-electron chi connectivity index (χ0n) is 14.3. The van der Waals surface area contributed by atoms with E-state index in [-0.39, 0.29) is 0 Å². The molecule has 1 fully saturated rings. The molecule has 0 saturated carbocycles. The van der Waals surface area contributed by atoms with Crippen LogP contribution in [-0.4, -0.2) is 53.4 Å². The molecule has 1 saturated heterocycles. The van der Waals surface area contributed by atoms with Crippen LogP contribution < -0.4 is 5.73 Å². The summed E-state index contributed by atoms with van der Waals surface area (Å²) in [4.78, 5) is 21.3. The fourth-order valence-corrected chi connectivity index (χ4v) is 3.64. The summed E-state index contributed by atoms with van der Waals surface area (Å²) >= 11 is 1.75. The van der Waals surface area contributed by atoms with Crippen molar-refractivity contribution in [3.8, 4) is 0 Å². The lowest BCUT2D eigenvalue weighted by Gasteiger charge is -2.34. The summed E-state index contributed by atoms with van der Waals surface area (Å²) in [5.41, 5.74) is 6.65. The maximum Gasteiger partial charge on any atom is 0.222 e. The van der Waals surface area contributed by atoms with Gasteiger partial charge in [-0.3, -0.25) is 9.69 Å². The third-order valence-corrected chi connectivity index (χ3v) is 5.40. The number of amides is 1. The van der Waals surface area contributed by atoms with Gasteiger partial charge >= 0.3 is 0 Å². The molecule has 1 aromatic heterocycles. The van der Waals surface area contributed by atoms with Gasteiger partial charge in [0, 0.05) is 44.5 Å². The highest BCUT2D eigenvalue weighted by Crippen LogP contribution is 2.14. The van der Waals surface area contributed by atoms with E-state index in [2.05, 4.69) is 22.2 Å². The van der Waals surface area contributed by atoms with E-state index in [9.17, 15) is 4.79 Å². The number of aromatic nitrogens is 1. The third-order valence-electron chi connectivity index (χ3n) is 4.36. The van der Waals surface area contributed by atoms with Gasteiger partial charge in [-0.25, -0.2) is 4.98 Å². The van der Waals surface area contributed by atoms with Crippen molar-refractivity contribution in [3.05, 3.63) is 16.1 Å². The lowest BCUT2D eigenvalue weighted by molar-refractivity contribution is -0.133. The molecule has 1 aromatic rings. The van der Waals surface area contributed by atoms with Gasteiger partial charge in [-0.2, -0.15) is 0 Å². The Balaban J connectivity index is 1.64. The molecule has 0 aromatic carbocycles. The smallest absolute Gasteiger partial charge is 0.222 e. The van der Waals surface area contributed by atoms with Crippen molar-refractivity contribution in [2.45, 2.75) is 52.0 Å². The summed E-state index contributed by atoms with van der Waals surface area (Å²) in [6, 6.07) is 0. The molecule has 1 amide bonds. The first-order valence-corrected chi connectivity index (χ1v) is 9.74. The molecular weight excluding hydrogens is 308 g/mol. The number of carbonyl (C=O) groups excluding carboxylic acids is 1. The zero-order valence-corrected chi connectivity index (χ0v) is 15.1. The van der Waals surface area contributed by atoms with E-state index in [1.165, 1.54) is 10.7 Å².